The number of hydrogen-bond acceptors (Lipinski definition) is 2. The summed E-state index contributed by atoms with van der Waals surface area (Å²) in [4.78, 5) is 22.7. The van der Waals surface area contributed by atoms with E-state index >= 15 is 0 Å². The standard InChI is InChI=1S/C18H20O3/c19-17(12-3-1-2-4-13-18(20)21)16-11-7-9-14-8-5-6-10-15(14)16/h5-11H,1-4,12-13H2,(H,20,21). The maximum absolute atomic E-state index is 12.3. The predicted molar refractivity (Wildman–Crippen MR) is 83.6 cm³/mol. The summed E-state index contributed by atoms with van der Waals surface area (Å²) in [7, 11) is 0. The summed E-state index contributed by atoms with van der Waals surface area (Å²) in [5, 5.41) is 10.7. The van der Waals surface area contributed by atoms with Gasteiger partial charge in [-0.25, -0.2) is 0 Å². The topological polar surface area (TPSA) is 54.4 Å². The molecular formula is C18H20O3. The number of unbranched alkanes of at least 4 members (excludes halogenated alkanes) is 3. The Bertz CT molecular complexity index is 626. The van der Waals surface area contributed by atoms with Crippen LogP contribution in [-0.4, -0.2) is 16.9 Å². The first-order chi connectivity index (χ1) is 10.2. The van der Waals surface area contributed by atoms with Crippen LogP contribution < -0.4 is 0 Å². The molecule has 0 atom stereocenters. The highest BCUT2D eigenvalue weighted by atomic mass is 16.4. The summed E-state index contributed by atoms with van der Waals surface area (Å²) in [5.74, 6) is -0.577. The van der Waals surface area contributed by atoms with Gasteiger partial charge in [0.2, 0.25) is 0 Å². The first kappa shape index (κ1) is 15.2. The van der Waals surface area contributed by atoms with Crippen molar-refractivity contribution in [2.75, 3.05) is 0 Å². The Morgan fingerprint density at radius 3 is 2.24 bits per heavy atom. The van der Waals surface area contributed by atoms with Crippen molar-refractivity contribution in [3.63, 3.8) is 0 Å². The number of aliphatic carboxylic acids is 1. The highest BCUT2D eigenvalue weighted by Gasteiger charge is 2.09. The van der Waals surface area contributed by atoms with Crippen molar-refractivity contribution in [3.8, 4) is 0 Å². The van der Waals surface area contributed by atoms with Gasteiger partial charge in [0.25, 0.3) is 0 Å². The van der Waals surface area contributed by atoms with Crippen LogP contribution >= 0.6 is 0 Å². The Balaban J connectivity index is 1.87. The highest BCUT2D eigenvalue weighted by molar-refractivity contribution is 6.08. The van der Waals surface area contributed by atoms with Crippen LogP contribution in [0.3, 0.4) is 0 Å². The van der Waals surface area contributed by atoms with E-state index in [0.717, 1.165) is 35.6 Å². The quantitative estimate of drug-likeness (QED) is 0.575. The molecule has 0 aliphatic rings. The van der Waals surface area contributed by atoms with Gasteiger partial charge in [-0.15, -0.1) is 0 Å². The van der Waals surface area contributed by atoms with Crippen LogP contribution in [0.15, 0.2) is 42.5 Å². The van der Waals surface area contributed by atoms with Crippen molar-refractivity contribution in [2.24, 2.45) is 0 Å². The molecule has 0 saturated carbocycles. The third-order valence-corrected chi connectivity index (χ3v) is 3.63. The molecule has 110 valence electrons. The zero-order chi connectivity index (χ0) is 15.1. The molecule has 21 heavy (non-hydrogen) atoms. The van der Waals surface area contributed by atoms with Gasteiger partial charge in [-0.1, -0.05) is 55.3 Å². The molecule has 1 N–H and O–H groups in total. The number of fused-ring (bicyclic) bond motifs is 1. The van der Waals surface area contributed by atoms with Crippen molar-refractivity contribution in [1.82, 2.24) is 0 Å². The van der Waals surface area contributed by atoms with Gasteiger partial charge < -0.3 is 5.11 Å². The number of Topliss-reactive ketones (excluding diaryl/α,β-unsaturated/α-hetero) is 1. The second-order valence-corrected chi connectivity index (χ2v) is 5.26. The van der Waals surface area contributed by atoms with E-state index < -0.39 is 5.97 Å². The first-order valence-corrected chi connectivity index (χ1v) is 7.41. The van der Waals surface area contributed by atoms with Crippen molar-refractivity contribution >= 4 is 22.5 Å². The molecule has 0 aliphatic heterocycles. The van der Waals surface area contributed by atoms with E-state index in [1.54, 1.807) is 0 Å². The summed E-state index contributed by atoms with van der Waals surface area (Å²) >= 11 is 0. The van der Waals surface area contributed by atoms with E-state index in [0.29, 0.717) is 12.8 Å². The minimum Gasteiger partial charge on any atom is -0.481 e. The molecule has 0 aromatic heterocycles. The third-order valence-electron chi connectivity index (χ3n) is 3.63. The molecule has 0 unspecified atom stereocenters. The molecule has 2 aromatic rings. The van der Waals surface area contributed by atoms with Gasteiger partial charge in [0.05, 0.1) is 0 Å². The van der Waals surface area contributed by atoms with E-state index in [4.69, 9.17) is 5.11 Å². The largest absolute Gasteiger partial charge is 0.481 e. The first-order valence-electron chi connectivity index (χ1n) is 7.41. The van der Waals surface area contributed by atoms with Crippen molar-refractivity contribution < 1.29 is 14.7 Å². The number of rotatable bonds is 8. The second kappa shape index (κ2) is 7.58. The maximum atomic E-state index is 12.3. The Hall–Kier alpha value is -2.16. The molecule has 0 aliphatic carbocycles. The smallest absolute Gasteiger partial charge is 0.303 e. The average Bonchev–Trinajstić information content (AvgIpc) is 2.49. The monoisotopic (exact) mass is 284 g/mol. The lowest BCUT2D eigenvalue weighted by Gasteiger charge is -2.05. The van der Waals surface area contributed by atoms with Gasteiger partial charge in [-0.05, 0) is 23.6 Å². The van der Waals surface area contributed by atoms with Gasteiger partial charge in [0, 0.05) is 18.4 Å². The lowest BCUT2D eigenvalue weighted by Crippen LogP contribution is -2.00. The molecule has 3 heteroatoms. The van der Waals surface area contributed by atoms with Gasteiger partial charge in [-0.3, -0.25) is 9.59 Å². The van der Waals surface area contributed by atoms with E-state index in [-0.39, 0.29) is 12.2 Å². The molecular weight excluding hydrogens is 264 g/mol. The molecule has 3 nitrogen and oxygen atoms in total. The van der Waals surface area contributed by atoms with E-state index in [1.165, 1.54) is 0 Å². The number of hydrogen-bond donors (Lipinski definition) is 1. The lowest BCUT2D eigenvalue weighted by molar-refractivity contribution is -0.137. The predicted octanol–water partition coefficient (Wildman–Crippen LogP) is 4.45. The SMILES string of the molecule is O=C(O)CCCCCCC(=O)c1cccc2ccccc12. The fraction of sp³-hybridized carbons (Fsp3) is 0.333. The van der Waals surface area contributed by atoms with E-state index in [2.05, 4.69) is 0 Å². The van der Waals surface area contributed by atoms with Gasteiger partial charge in [-0.2, -0.15) is 0 Å². The fourth-order valence-corrected chi connectivity index (χ4v) is 2.52. The van der Waals surface area contributed by atoms with Crippen LogP contribution in [0.25, 0.3) is 10.8 Å². The zero-order valence-electron chi connectivity index (χ0n) is 12.0. The number of carboxylic acid groups (broad SMARTS) is 1. The molecule has 0 bridgehead atoms. The molecule has 0 heterocycles. The van der Waals surface area contributed by atoms with Crippen molar-refractivity contribution in [1.29, 1.82) is 0 Å². The number of benzene rings is 2. The van der Waals surface area contributed by atoms with Crippen molar-refractivity contribution in [2.45, 2.75) is 38.5 Å². The number of carboxylic acids is 1. The van der Waals surface area contributed by atoms with Crippen molar-refractivity contribution in [3.05, 3.63) is 48.0 Å². The molecule has 0 fully saturated rings. The number of carbonyl (C=O) groups is 2. The summed E-state index contributed by atoms with van der Waals surface area (Å²) in [6.07, 6.45) is 4.04. The maximum Gasteiger partial charge on any atom is 0.303 e. The number of ketones is 1. The van der Waals surface area contributed by atoms with Crippen LogP contribution in [0.4, 0.5) is 0 Å². The zero-order valence-corrected chi connectivity index (χ0v) is 12.0. The molecule has 2 aromatic carbocycles. The summed E-state index contributed by atoms with van der Waals surface area (Å²) in [6.45, 7) is 0. The lowest BCUT2D eigenvalue weighted by atomic mass is 9.98. The molecule has 2 rings (SSSR count). The highest BCUT2D eigenvalue weighted by Crippen LogP contribution is 2.20. The minimum atomic E-state index is -0.748. The Morgan fingerprint density at radius 2 is 1.48 bits per heavy atom. The van der Waals surface area contributed by atoms with Crippen LogP contribution in [-0.2, 0) is 4.79 Å². The second-order valence-electron chi connectivity index (χ2n) is 5.26. The van der Waals surface area contributed by atoms with Gasteiger partial charge >= 0.3 is 5.97 Å². The summed E-state index contributed by atoms with van der Waals surface area (Å²) in [5.41, 5.74) is 0.790. The number of carbonyl (C=O) groups excluding carboxylic acids is 1. The van der Waals surface area contributed by atoms with Crippen LogP contribution in [0.1, 0.15) is 48.9 Å². The third kappa shape index (κ3) is 4.42. The normalized spacial score (nSPS) is 10.7. The average molecular weight is 284 g/mol. The Labute approximate surface area is 124 Å². The van der Waals surface area contributed by atoms with Crippen LogP contribution in [0, 0.1) is 0 Å². The van der Waals surface area contributed by atoms with Crippen LogP contribution in [0.5, 0.6) is 0 Å². The van der Waals surface area contributed by atoms with Gasteiger partial charge in [0.1, 0.15) is 0 Å². The summed E-state index contributed by atoms with van der Waals surface area (Å²) < 4.78 is 0. The van der Waals surface area contributed by atoms with Crippen LogP contribution in [0.2, 0.25) is 0 Å². The Kier molecular flexibility index (Phi) is 5.50. The molecule has 0 saturated heterocycles. The fourth-order valence-electron chi connectivity index (χ4n) is 2.52. The molecule has 0 radical (unpaired) electrons. The van der Waals surface area contributed by atoms with Gasteiger partial charge in [0.15, 0.2) is 5.78 Å². The Morgan fingerprint density at radius 1 is 0.810 bits per heavy atom. The van der Waals surface area contributed by atoms with E-state index in [1.807, 2.05) is 42.5 Å². The minimum absolute atomic E-state index is 0.171. The molecule has 0 amide bonds. The molecule has 0 spiro atoms. The summed E-state index contributed by atoms with van der Waals surface area (Å²) in [6, 6.07) is 13.7. The van der Waals surface area contributed by atoms with E-state index in [9.17, 15) is 9.59 Å².